The molecule has 4 nitrogen and oxygen atoms in total. The van der Waals surface area contributed by atoms with Gasteiger partial charge in [0, 0.05) is 11.1 Å². The molecule has 0 atom stereocenters. The summed E-state index contributed by atoms with van der Waals surface area (Å²) in [6.07, 6.45) is 4.13. The molecule has 1 aliphatic heterocycles. The van der Waals surface area contributed by atoms with Crippen LogP contribution in [0.25, 0.3) is 22.4 Å². The maximum absolute atomic E-state index is 9.11. The molecule has 4 rings (SSSR count). The van der Waals surface area contributed by atoms with Gasteiger partial charge in [-0.3, -0.25) is 4.98 Å². The zero-order valence-electron chi connectivity index (χ0n) is 16.7. The van der Waals surface area contributed by atoms with Crippen LogP contribution in [0.2, 0.25) is 0 Å². The number of aryl methyl sites for hydroxylation is 1. The van der Waals surface area contributed by atoms with Crippen LogP contribution in [0.3, 0.4) is 0 Å². The number of aromatic nitrogens is 1. The Labute approximate surface area is 172 Å². The van der Waals surface area contributed by atoms with E-state index in [1.807, 2.05) is 30.5 Å². The van der Waals surface area contributed by atoms with Gasteiger partial charge in [0.25, 0.3) is 0 Å². The number of benzene rings is 2. The van der Waals surface area contributed by atoms with Gasteiger partial charge in [-0.15, -0.1) is 0 Å². The largest absolute Gasteiger partial charge is 0.492 e. The molecule has 0 radical (unpaired) electrons. The Bertz CT molecular complexity index is 1010. The van der Waals surface area contributed by atoms with Crippen LogP contribution in [-0.4, -0.2) is 24.7 Å². The third kappa shape index (κ3) is 4.64. The van der Waals surface area contributed by atoms with Crippen LogP contribution in [0.5, 0.6) is 5.75 Å². The van der Waals surface area contributed by atoms with Crippen molar-refractivity contribution in [3.05, 3.63) is 71.9 Å². The van der Waals surface area contributed by atoms with Crippen LogP contribution in [-0.2, 0) is 0 Å². The Morgan fingerprint density at radius 2 is 1.86 bits per heavy atom. The highest BCUT2D eigenvalue weighted by Crippen LogP contribution is 2.34. The predicted octanol–water partition coefficient (Wildman–Crippen LogP) is 4.97. The molecule has 2 heterocycles. The molecule has 2 aromatic carbocycles. The molecule has 4 heteroatoms. The lowest BCUT2D eigenvalue weighted by molar-refractivity contribution is 0.215. The van der Waals surface area contributed by atoms with Crippen LogP contribution in [0.4, 0.5) is 0 Å². The smallest absolute Gasteiger partial charge is 0.138 e. The second-order valence-electron chi connectivity index (χ2n) is 7.63. The van der Waals surface area contributed by atoms with E-state index in [1.54, 1.807) is 0 Å². The van der Waals surface area contributed by atoms with E-state index in [9.17, 15) is 0 Å². The number of hydrogen-bond donors (Lipinski definition) is 1. The van der Waals surface area contributed by atoms with Crippen molar-refractivity contribution >= 4 is 0 Å². The minimum absolute atomic E-state index is 0.589. The van der Waals surface area contributed by atoms with Crippen molar-refractivity contribution in [1.29, 1.82) is 5.26 Å². The van der Waals surface area contributed by atoms with Gasteiger partial charge < -0.3 is 10.1 Å². The summed E-state index contributed by atoms with van der Waals surface area (Å²) in [7, 11) is 0. The molecule has 0 saturated carbocycles. The maximum atomic E-state index is 9.11. The molecule has 0 aliphatic carbocycles. The SMILES string of the molecule is Cc1cccc(-c2ncc(OCC3CCNCC3)cc2-c2ccc(C#N)cc2)c1. The summed E-state index contributed by atoms with van der Waals surface area (Å²) in [4.78, 5) is 4.77. The highest BCUT2D eigenvalue weighted by molar-refractivity contribution is 5.81. The zero-order chi connectivity index (χ0) is 20.1. The van der Waals surface area contributed by atoms with Crippen molar-refractivity contribution in [1.82, 2.24) is 10.3 Å². The van der Waals surface area contributed by atoms with E-state index in [-0.39, 0.29) is 0 Å². The second-order valence-corrected chi connectivity index (χ2v) is 7.63. The second kappa shape index (κ2) is 8.89. The van der Waals surface area contributed by atoms with Gasteiger partial charge in [0.2, 0.25) is 0 Å². The van der Waals surface area contributed by atoms with Gasteiger partial charge in [-0.1, -0.05) is 35.9 Å². The van der Waals surface area contributed by atoms with Crippen LogP contribution in [0.1, 0.15) is 24.0 Å². The zero-order valence-corrected chi connectivity index (χ0v) is 16.7. The molecule has 3 aromatic rings. The lowest BCUT2D eigenvalue weighted by Crippen LogP contribution is -2.30. The number of piperidine rings is 1. The summed E-state index contributed by atoms with van der Waals surface area (Å²) in [5, 5.41) is 12.5. The molecule has 1 aromatic heterocycles. The van der Waals surface area contributed by atoms with Crippen LogP contribution in [0, 0.1) is 24.2 Å². The molecule has 1 N–H and O–H groups in total. The van der Waals surface area contributed by atoms with Gasteiger partial charge >= 0.3 is 0 Å². The molecule has 0 bridgehead atoms. The molecule has 146 valence electrons. The van der Waals surface area contributed by atoms with Crippen LogP contribution < -0.4 is 10.1 Å². The third-order valence-corrected chi connectivity index (χ3v) is 5.42. The van der Waals surface area contributed by atoms with Crippen molar-refractivity contribution in [2.24, 2.45) is 5.92 Å². The quantitative estimate of drug-likeness (QED) is 0.675. The standard InChI is InChI=1S/C25H25N3O/c1-18-3-2-4-22(13-18)25-24(21-7-5-19(15-26)6-8-21)14-23(16-28-25)29-17-20-9-11-27-12-10-20/h2-8,13-14,16,20,27H,9-12,17H2,1H3. The predicted molar refractivity (Wildman–Crippen MR) is 116 cm³/mol. The topological polar surface area (TPSA) is 57.9 Å². The maximum Gasteiger partial charge on any atom is 0.138 e. The van der Waals surface area contributed by atoms with E-state index < -0.39 is 0 Å². The summed E-state index contributed by atoms with van der Waals surface area (Å²) in [6.45, 7) is 4.94. The molecular weight excluding hydrogens is 358 g/mol. The van der Waals surface area contributed by atoms with Gasteiger partial charge in [-0.2, -0.15) is 5.26 Å². The highest BCUT2D eigenvalue weighted by atomic mass is 16.5. The van der Waals surface area contributed by atoms with E-state index in [2.05, 4.69) is 48.6 Å². The van der Waals surface area contributed by atoms with Gasteiger partial charge in [0.1, 0.15) is 5.75 Å². The summed E-state index contributed by atoms with van der Waals surface area (Å²) in [5.74, 6) is 1.38. The van der Waals surface area contributed by atoms with Gasteiger partial charge in [0.15, 0.2) is 0 Å². The van der Waals surface area contributed by atoms with Gasteiger partial charge in [0.05, 0.1) is 30.1 Å². The van der Waals surface area contributed by atoms with Crippen molar-refractivity contribution in [2.75, 3.05) is 19.7 Å². The lowest BCUT2D eigenvalue weighted by atomic mass is 9.97. The number of nitrogens with zero attached hydrogens (tertiary/aromatic N) is 2. The summed E-state index contributed by atoms with van der Waals surface area (Å²) in [6, 6.07) is 20.3. The summed E-state index contributed by atoms with van der Waals surface area (Å²) in [5.41, 5.74) is 5.89. The minimum atomic E-state index is 0.589. The number of rotatable bonds is 5. The number of nitrogens with one attached hydrogen (secondary N) is 1. The fourth-order valence-corrected chi connectivity index (χ4v) is 3.75. The van der Waals surface area contributed by atoms with Crippen molar-refractivity contribution < 1.29 is 4.74 Å². The first-order valence-electron chi connectivity index (χ1n) is 10.1. The fraction of sp³-hybridized carbons (Fsp3) is 0.280. The first kappa shape index (κ1) is 19.2. The Hall–Kier alpha value is -3.16. The van der Waals surface area contributed by atoms with E-state index in [1.165, 1.54) is 5.56 Å². The Kier molecular flexibility index (Phi) is 5.88. The lowest BCUT2D eigenvalue weighted by Gasteiger charge is -2.22. The average molecular weight is 383 g/mol. The molecule has 0 unspecified atom stereocenters. The van der Waals surface area contributed by atoms with E-state index in [0.717, 1.165) is 60.7 Å². The summed E-state index contributed by atoms with van der Waals surface area (Å²) >= 11 is 0. The van der Waals surface area contributed by atoms with Crippen molar-refractivity contribution in [3.63, 3.8) is 0 Å². The average Bonchev–Trinajstić information content (AvgIpc) is 2.78. The number of hydrogen-bond acceptors (Lipinski definition) is 4. The number of ether oxygens (including phenoxy) is 1. The van der Waals surface area contributed by atoms with Crippen molar-refractivity contribution in [2.45, 2.75) is 19.8 Å². The number of nitriles is 1. The first-order valence-corrected chi connectivity index (χ1v) is 10.1. The normalized spacial score (nSPS) is 14.3. The van der Waals surface area contributed by atoms with E-state index in [4.69, 9.17) is 15.0 Å². The highest BCUT2D eigenvalue weighted by Gasteiger charge is 2.15. The Balaban J connectivity index is 1.67. The summed E-state index contributed by atoms with van der Waals surface area (Å²) < 4.78 is 6.12. The van der Waals surface area contributed by atoms with Gasteiger partial charge in [-0.05, 0) is 68.6 Å². The van der Waals surface area contributed by atoms with E-state index >= 15 is 0 Å². The Morgan fingerprint density at radius 3 is 2.59 bits per heavy atom. The molecule has 0 spiro atoms. The van der Waals surface area contributed by atoms with Gasteiger partial charge in [-0.25, -0.2) is 0 Å². The third-order valence-electron chi connectivity index (χ3n) is 5.42. The fourth-order valence-electron chi connectivity index (χ4n) is 3.75. The monoisotopic (exact) mass is 383 g/mol. The number of pyridine rings is 1. The first-order chi connectivity index (χ1) is 14.2. The van der Waals surface area contributed by atoms with Crippen molar-refractivity contribution in [3.8, 4) is 34.2 Å². The minimum Gasteiger partial charge on any atom is -0.492 e. The molecule has 1 saturated heterocycles. The molecule has 1 aliphatic rings. The van der Waals surface area contributed by atoms with E-state index in [0.29, 0.717) is 11.5 Å². The molecule has 1 fully saturated rings. The molecule has 0 amide bonds. The Morgan fingerprint density at radius 1 is 1.07 bits per heavy atom. The molecular formula is C25H25N3O. The molecule has 29 heavy (non-hydrogen) atoms. The van der Waals surface area contributed by atoms with Crippen LogP contribution >= 0.6 is 0 Å². The van der Waals surface area contributed by atoms with Crippen LogP contribution in [0.15, 0.2) is 60.8 Å².